The van der Waals surface area contributed by atoms with Gasteiger partial charge in [0, 0.05) is 0 Å². The van der Waals surface area contributed by atoms with Gasteiger partial charge < -0.3 is 20.1 Å². The number of esters is 1. The number of aromatic amines is 1. The van der Waals surface area contributed by atoms with Gasteiger partial charge in [-0.2, -0.15) is 5.26 Å². The van der Waals surface area contributed by atoms with Gasteiger partial charge in [-0.1, -0.05) is 38.1 Å². The van der Waals surface area contributed by atoms with Crippen molar-refractivity contribution in [1.29, 1.82) is 5.26 Å². The zero-order chi connectivity index (χ0) is 23.3. The highest BCUT2D eigenvalue weighted by molar-refractivity contribution is 5.97. The van der Waals surface area contributed by atoms with Crippen LogP contribution < -0.4 is 5.32 Å². The summed E-state index contributed by atoms with van der Waals surface area (Å²) in [6.07, 6.45) is 0. The van der Waals surface area contributed by atoms with E-state index in [0.29, 0.717) is 11.0 Å². The lowest BCUT2D eigenvalue weighted by atomic mass is 10.0. The van der Waals surface area contributed by atoms with Crippen LogP contribution in [0.4, 0.5) is 4.39 Å². The summed E-state index contributed by atoms with van der Waals surface area (Å²) in [6.45, 7) is 2.76. The quantitative estimate of drug-likeness (QED) is 0.295. The summed E-state index contributed by atoms with van der Waals surface area (Å²) in [6, 6.07) is 13.2. The first-order valence-corrected chi connectivity index (χ1v) is 9.81. The van der Waals surface area contributed by atoms with Crippen LogP contribution in [-0.4, -0.2) is 39.6 Å². The van der Waals surface area contributed by atoms with Gasteiger partial charge in [0.05, 0.1) is 16.6 Å². The molecular weight excluding hydrogens is 415 g/mol. The van der Waals surface area contributed by atoms with Crippen LogP contribution in [0.5, 0.6) is 0 Å². The van der Waals surface area contributed by atoms with E-state index in [-0.39, 0.29) is 22.9 Å². The van der Waals surface area contributed by atoms with Crippen molar-refractivity contribution in [3.8, 4) is 6.07 Å². The number of halogens is 1. The number of hydrogen-bond donors (Lipinski definition) is 3. The summed E-state index contributed by atoms with van der Waals surface area (Å²) < 4.78 is 19.0. The Kier molecular flexibility index (Phi) is 6.85. The van der Waals surface area contributed by atoms with Gasteiger partial charge in [0.1, 0.15) is 30.1 Å². The molecule has 9 heteroatoms. The predicted molar refractivity (Wildman–Crippen MR) is 115 cm³/mol. The van der Waals surface area contributed by atoms with Crippen LogP contribution in [0.25, 0.3) is 16.6 Å². The number of nitrogens with one attached hydrogen (secondary N) is 2. The highest BCUT2D eigenvalue weighted by Gasteiger charge is 2.27. The number of para-hydroxylation sites is 2. The maximum atomic E-state index is 13.9. The molecule has 0 aliphatic rings. The lowest BCUT2D eigenvalue weighted by molar-refractivity contribution is -0.146. The number of hydrogen-bond acceptors (Lipinski definition) is 6. The van der Waals surface area contributed by atoms with Crippen molar-refractivity contribution in [3.05, 3.63) is 71.5 Å². The molecule has 0 aliphatic heterocycles. The van der Waals surface area contributed by atoms with Gasteiger partial charge in [-0.05, 0) is 30.2 Å². The third kappa shape index (κ3) is 4.92. The smallest absolute Gasteiger partial charge is 0.329 e. The van der Waals surface area contributed by atoms with E-state index in [9.17, 15) is 24.3 Å². The number of rotatable bonds is 7. The number of nitriles is 1. The van der Waals surface area contributed by atoms with E-state index in [0.717, 1.165) is 6.07 Å². The minimum absolute atomic E-state index is 0.135. The summed E-state index contributed by atoms with van der Waals surface area (Å²) >= 11 is 0. The number of aromatic nitrogens is 2. The van der Waals surface area contributed by atoms with Crippen LogP contribution in [0.15, 0.2) is 54.3 Å². The molecule has 3 N–H and O–H groups in total. The monoisotopic (exact) mass is 436 g/mol. The Morgan fingerprint density at radius 3 is 2.56 bits per heavy atom. The topological polar surface area (TPSA) is 128 Å². The van der Waals surface area contributed by atoms with Gasteiger partial charge >= 0.3 is 5.97 Å². The Bertz CT molecular complexity index is 1190. The summed E-state index contributed by atoms with van der Waals surface area (Å²) in [5.74, 6) is -3.06. The molecule has 0 saturated heterocycles. The first-order valence-electron chi connectivity index (χ1n) is 9.81. The Morgan fingerprint density at radius 2 is 1.91 bits per heavy atom. The van der Waals surface area contributed by atoms with E-state index < -0.39 is 36.1 Å². The molecule has 1 unspecified atom stereocenters. The van der Waals surface area contributed by atoms with E-state index in [1.807, 2.05) is 6.07 Å². The van der Waals surface area contributed by atoms with E-state index in [1.165, 1.54) is 18.2 Å². The van der Waals surface area contributed by atoms with Gasteiger partial charge in [-0.3, -0.25) is 4.79 Å². The minimum atomic E-state index is -1.09. The maximum Gasteiger partial charge on any atom is 0.329 e. The standard InChI is InChI=1S/C23H21FN4O4/c1-13(2)20(28-22(30)14-7-3-4-8-16(14)24)23(31)32-12-19(29)15(11-25)21-26-17-9-5-6-10-18(17)27-21/h3-10,13,20,29H,12H2,1-2H3,(H,26,27)(H,28,30). The van der Waals surface area contributed by atoms with Crippen LogP contribution in [0.1, 0.15) is 30.0 Å². The molecule has 2 aromatic carbocycles. The number of nitrogens with zero attached hydrogens (tertiary/aromatic N) is 2. The Hall–Kier alpha value is -4.19. The van der Waals surface area contributed by atoms with Crippen LogP contribution in [0.3, 0.4) is 0 Å². The molecule has 164 valence electrons. The molecule has 1 atom stereocenters. The lowest BCUT2D eigenvalue weighted by Gasteiger charge is -2.21. The largest absolute Gasteiger partial charge is 0.507 e. The lowest BCUT2D eigenvalue weighted by Crippen LogP contribution is -2.45. The van der Waals surface area contributed by atoms with Crippen molar-refractivity contribution < 1.29 is 23.8 Å². The van der Waals surface area contributed by atoms with Crippen molar-refractivity contribution in [1.82, 2.24) is 15.3 Å². The second-order valence-corrected chi connectivity index (χ2v) is 7.32. The number of H-pyrrole nitrogens is 1. The number of benzene rings is 2. The predicted octanol–water partition coefficient (Wildman–Crippen LogP) is 3.49. The zero-order valence-corrected chi connectivity index (χ0v) is 17.4. The number of imidazole rings is 1. The average Bonchev–Trinajstić information content (AvgIpc) is 3.20. The van der Waals surface area contributed by atoms with Gasteiger partial charge in [0.25, 0.3) is 5.91 Å². The van der Waals surface area contributed by atoms with Crippen LogP contribution >= 0.6 is 0 Å². The molecule has 0 saturated carbocycles. The van der Waals surface area contributed by atoms with Crippen LogP contribution in [-0.2, 0) is 9.53 Å². The van der Waals surface area contributed by atoms with Crippen molar-refractivity contribution >= 4 is 28.5 Å². The molecule has 3 aromatic rings. The molecule has 8 nitrogen and oxygen atoms in total. The molecule has 0 aliphatic carbocycles. The Balaban J connectivity index is 1.73. The van der Waals surface area contributed by atoms with Crippen LogP contribution in [0, 0.1) is 23.1 Å². The third-order valence-electron chi connectivity index (χ3n) is 4.70. The summed E-state index contributed by atoms with van der Waals surface area (Å²) in [4.78, 5) is 32.1. The van der Waals surface area contributed by atoms with Crippen molar-refractivity contribution in [3.63, 3.8) is 0 Å². The number of ether oxygens (including phenoxy) is 1. The molecule has 3 rings (SSSR count). The summed E-state index contributed by atoms with van der Waals surface area (Å²) in [7, 11) is 0. The fourth-order valence-electron chi connectivity index (χ4n) is 2.99. The van der Waals surface area contributed by atoms with Gasteiger partial charge in [0.15, 0.2) is 11.6 Å². The highest BCUT2D eigenvalue weighted by Crippen LogP contribution is 2.19. The fourth-order valence-corrected chi connectivity index (χ4v) is 2.99. The number of amides is 1. The van der Waals surface area contributed by atoms with Crippen molar-refractivity contribution in [2.45, 2.75) is 19.9 Å². The molecule has 0 radical (unpaired) electrons. The van der Waals surface area contributed by atoms with E-state index in [1.54, 1.807) is 38.1 Å². The third-order valence-corrected chi connectivity index (χ3v) is 4.70. The molecular formula is C23H21FN4O4. The number of carbonyl (C=O) groups excluding carboxylic acids is 2. The highest BCUT2D eigenvalue weighted by atomic mass is 19.1. The van der Waals surface area contributed by atoms with E-state index in [2.05, 4.69) is 15.3 Å². The summed E-state index contributed by atoms with van der Waals surface area (Å²) in [5, 5.41) is 22.2. The molecule has 32 heavy (non-hydrogen) atoms. The average molecular weight is 436 g/mol. The van der Waals surface area contributed by atoms with Crippen LogP contribution in [0.2, 0.25) is 0 Å². The van der Waals surface area contributed by atoms with Gasteiger partial charge in [-0.25, -0.2) is 14.2 Å². The molecule has 1 heterocycles. The second-order valence-electron chi connectivity index (χ2n) is 7.32. The number of aliphatic hydroxyl groups is 1. The number of aliphatic hydroxyl groups excluding tert-OH is 1. The van der Waals surface area contributed by atoms with Crippen molar-refractivity contribution in [2.75, 3.05) is 6.61 Å². The first kappa shape index (κ1) is 22.5. The molecule has 0 fully saturated rings. The second kappa shape index (κ2) is 9.75. The molecule has 0 spiro atoms. The zero-order valence-electron chi connectivity index (χ0n) is 17.4. The molecule has 0 bridgehead atoms. The summed E-state index contributed by atoms with van der Waals surface area (Å²) in [5.41, 5.74) is 0.905. The number of fused-ring (bicyclic) bond motifs is 1. The fraction of sp³-hybridized carbons (Fsp3) is 0.217. The molecule has 1 amide bonds. The Labute approximate surface area is 183 Å². The number of allylic oxidation sites excluding steroid dienone is 1. The Morgan fingerprint density at radius 1 is 1.22 bits per heavy atom. The maximum absolute atomic E-state index is 13.9. The minimum Gasteiger partial charge on any atom is -0.507 e. The van der Waals surface area contributed by atoms with E-state index >= 15 is 0 Å². The van der Waals surface area contributed by atoms with E-state index in [4.69, 9.17) is 4.74 Å². The SMILES string of the molecule is CC(C)C(NC(=O)c1ccccc1F)C(=O)OCC(O)=C(C#N)c1nc2ccccc2[nH]1. The first-order chi connectivity index (χ1) is 15.3. The number of carbonyl (C=O) groups is 2. The van der Waals surface area contributed by atoms with Gasteiger partial charge in [-0.15, -0.1) is 0 Å². The van der Waals surface area contributed by atoms with Crippen molar-refractivity contribution in [2.24, 2.45) is 5.92 Å². The normalized spacial score (nSPS) is 12.7. The van der Waals surface area contributed by atoms with Gasteiger partial charge in [0.2, 0.25) is 0 Å². The molecule has 1 aromatic heterocycles.